The number of oxime groups is 1. The van der Waals surface area contributed by atoms with Crippen LogP contribution < -0.4 is 5.73 Å². The Balaban J connectivity index is 1.39. The molecule has 0 aliphatic carbocycles. The minimum atomic E-state index is -4.97. The highest BCUT2D eigenvalue weighted by Gasteiger charge is 2.39. The number of piperidine rings is 2. The largest absolute Gasteiger partial charge is 0.416 e. The molecule has 218 valence electrons. The molecule has 0 unspecified atom stereocenters. The Bertz CT molecular complexity index is 1180. The molecule has 0 bridgehead atoms. The normalized spacial score (nSPS) is 18.7. The molecule has 2 fully saturated rings. The predicted molar refractivity (Wildman–Crippen MR) is 136 cm³/mol. The van der Waals surface area contributed by atoms with Gasteiger partial charge in [-0.2, -0.15) is 26.3 Å². The molecule has 7 nitrogen and oxygen atoms in total. The van der Waals surface area contributed by atoms with Gasteiger partial charge in [-0.15, -0.1) is 0 Å². The Morgan fingerprint density at radius 3 is 2.05 bits per heavy atom. The zero-order valence-corrected chi connectivity index (χ0v) is 21.9. The molecule has 2 aliphatic heterocycles. The summed E-state index contributed by atoms with van der Waals surface area (Å²) in [4.78, 5) is 26.0. The van der Waals surface area contributed by atoms with Gasteiger partial charge in [-0.1, -0.05) is 5.16 Å². The van der Waals surface area contributed by atoms with Crippen molar-refractivity contribution in [3.63, 3.8) is 0 Å². The fourth-order valence-corrected chi connectivity index (χ4v) is 5.38. The quantitative estimate of drug-likeness (QED) is 0.293. The number of carbonyl (C=O) groups is 1. The van der Waals surface area contributed by atoms with Gasteiger partial charge in [0.25, 0.3) is 0 Å². The maximum atomic E-state index is 13.4. The van der Waals surface area contributed by atoms with E-state index in [9.17, 15) is 31.1 Å². The van der Waals surface area contributed by atoms with Crippen LogP contribution in [0.3, 0.4) is 0 Å². The average Bonchev–Trinajstić information content (AvgIpc) is 2.91. The van der Waals surface area contributed by atoms with E-state index in [-0.39, 0.29) is 29.2 Å². The number of likely N-dealkylation sites (tertiary alicyclic amines) is 2. The van der Waals surface area contributed by atoms with Gasteiger partial charge in [-0.25, -0.2) is 4.98 Å². The van der Waals surface area contributed by atoms with E-state index in [2.05, 4.69) is 15.0 Å². The summed E-state index contributed by atoms with van der Waals surface area (Å²) >= 11 is 0. The lowest BCUT2D eigenvalue weighted by Gasteiger charge is -2.37. The van der Waals surface area contributed by atoms with E-state index in [1.807, 2.05) is 12.1 Å². The van der Waals surface area contributed by atoms with Crippen molar-refractivity contribution >= 4 is 17.4 Å². The lowest BCUT2D eigenvalue weighted by atomic mass is 9.86. The highest BCUT2D eigenvalue weighted by atomic mass is 19.4. The summed E-state index contributed by atoms with van der Waals surface area (Å²) in [7, 11) is 1.19. The van der Waals surface area contributed by atoms with Crippen molar-refractivity contribution in [2.45, 2.75) is 44.6 Å². The number of carbonyl (C=O) groups excluding carboxylic acids is 1. The number of alkyl halides is 6. The summed E-state index contributed by atoms with van der Waals surface area (Å²) in [6.45, 7) is 2.86. The Kier molecular flexibility index (Phi) is 8.91. The Hall–Kier alpha value is -3.35. The third kappa shape index (κ3) is 7.23. The van der Waals surface area contributed by atoms with Gasteiger partial charge in [-0.3, -0.25) is 9.69 Å². The third-order valence-electron chi connectivity index (χ3n) is 7.45. The fourth-order valence-electron chi connectivity index (χ4n) is 5.38. The number of nitrogens with zero attached hydrogens (tertiary/aromatic N) is 4. The van der Waals surface area contributed by atoms with Gasteiger partial charge in [0.15, 0.2) is 0 Å². The number of pyridine rings is 1. The van der Waals surface area contributed by atoms with Gasteiger partial charge in [0.1, 0.15) is 12.9 Å². The second-order valence-corrected chi connectivity index (χ2v) is 10.2. The SMILES string of the molecule is CO/N=C(/c1cc(C(F)(F)F)cc(C(F)(F)F)c1)C1CCN(C(=O)C2CCN(Cc3ccnc(N)c3)CC2)CC1. The van der Waals surface area contributed by atoms with Crippen molar-refractivity contribution in [1.82, 2.24) is 14.8 Å². The van der Waals surface area contributed by atoms with Crippen LogP contribution in [0.2, 0.25) is 0 Å². The first-order valence-electron chi connectivity index (χ1n) is 13.0. The molecular weight excluding hydrogens is 540 g/mol. The lowest BCUT2D eigenvalue weighted by Crippen LogP contribution is -2.46. The van der Waals surface area contributed by atoms with Crippen molar-refractivity contribution in [2.75, 3.05) is 39.0 Å². The van der Waals surface area contributed by atoms with Crippen LogP contribution in [-0.2, 0) is 28.5 Å². The molecule has 40 heavy (non-hydrogen) atoms. The first-order valence-corrected chi connectivity index (χ1v) is 13.0. The zero-order valence-electron chi connectivity index (χ0n) is 21.9. The highest BCUT2D eigenvalue weighted by Crippen LogP contribution is 2.37. The predicted octanol–water partition coefficient (Wildman–Crippen LogP) is 5.20. The van der Waals surface area contributed by atoms with Crippen LogP contribution >= 0.6 is 0 Å². The molecular formula is C27H31F6N5O2. The smallest absolute Gasteiger partial charge is 0.399 e. The van der Waals surface area contributed by atoms with Crippen LogP contribution in [0.5, 0.6) is 0 Å². The number of benzene rings is 1. The number of halogens is 6. The van der Waals surface area contributed by atoms with Crippen molar-refractivity contribution in [1.29, 1.82) is 0 Å². The number of rotatable bonds is 6. The van der Waals surface area contributed by atoms with Crippen LogP contribution in [0.1, 0.15) is 47.9 Å². The molecule has 13 heteroatoms. The maximum Gasteiger partial charge on any atom is 0.416 e. The minimum Gasteiger partial charge on any atom is -0.399 e. The van der Waals surface area contributed by atoms with E-state index in [4.69, 9.17) is 10.6 Å². The van der Waals surface area contributed by atoms with Gasteiger partial charge in [0, 0.05) is 43.2 Å². The summed E-state index contributed by atoms with van der Waals surface area (Å²) in [5.74, 6) is -0.128. The monoisotopic (exact) mass is 571 g/mol. The molecule has 0 spiro atoms. The van der Waals surface area contributed by atoms with Crippen molar-refractivity contribution in [3.8, 4) is 0 Å². The van der Waals surface area contributed by atoms with Gasteiger partial charge in [-0.05, 0) is 74.7 Å². The number of hydrogen-bond donors (Lipinski definition) is 1. The Morgan fingerprint density at radius 2 is 1.52 bits per heavy atom. The lowest BCUT2D eigenvalue weighted by molar-refractivity contribution is -0.143. The molecule has 0 radical (unpaired) electrons. The molecule has 2 saturated heterocycles. The zero-order chi connectivity index (χ0) is 29.1. The van der Waals surface area contributed by atoms with E-state index < -0.39 is 29.4 Å². The van der Waals surface area contributed by atoms with Crippen molar-refractivity contribution in [2.24, 2.45) is 17.0 Å². The molecule has 4 rings (SSSR count). The second-order valence-electron chi connectivity index (χ2n) is 10.2. The van der Waals surface area contributed by atoms with E-state index in [0.29, 0.717) is 63.3 Å². The molecule has 3 heterocycles. The van der Waals surface area contributed by atoms with Crippen LogP contribution in [0, 0.1) is 11.8 Å². The van der Waals surface area contributed by atoms with E-state index in [1.165, 1.54) is 7.11 Å². The molecule has 0 saturated carbocycles. The molecule has 1 aromatic carbocycles. The summed E-state index contributed by atoms with van der Waals surface area (Å²) in [5.41, 5.74) is 3.70. The van der Waals surface area contributed by atoms with Crippen LogP contribution in [-0.4, -0.2) is 59.7 Å². The van der Waals surface area contributed by atoms with Crippen LogP contribution in [0.4, 0.5) is 32.2 Å². The Morgan fingerprint density at radius 1 is 0.950 bits per heavy atom. The third-order valence-corrected chi connectivity index (χ3v) is 7.45. The summed E-state index contributed by atoms with van der Waals surface area (Å²) in [6.07, 6.45) is -6.20. The molecule has 1 amide bonds. The molecule has 2 aliphatic rings. The molecule has 0 atom stereocenters. The summed E-state index contributed by atoms with van der Waals surface area (Å²) in [5, 5.41) is 3.83. The van der Waals surface area contributed by atoms with Gasteiger partial charge in [0.05, 0.1) is 16.8 Å². The standard InChI is InChI=1S/C27H31F6N5O2/c1-40-36-24(20-13-21(26(28,29)30)15-22(14-20)27(31,32)33)18-5-10-38(11-6-18)25(39)19-3-8-37(9-4-19)16-17-2-7-35-23(34)12-17/h2,7,12-15,18-19H,3-6,8-11,16H2,1H3,(H2,34,35)/b36-24+. The van der Waals surface area contributed by atoms with E-state index in [1.54, 1.807) is 11.1 Å². The molecule has 2 N–H and O–H groups in total. The number of nitrogen functional groups attached to an aromatic ring is 1. The maximum absolute atomic E-state index is 13.4. The van der Waals surface area contributed by atoms with Crippen LogP contribution in [0.15, 0.2) is 41.7 Å². The Labute approximate surface area is 228 Å². The minimum absolute atomic E-state index is 0.0104. The first-order chi connectivity index (χ1) is 18.8. The van der Waals surface area contributed by atoms with Gasteiger partial charge < -0.3 is 15.5 Å². The van der Waals surface area contributed by atoms with Gasteiger partial charge in [0.2, 0.25) is 5.91 Å². The number of aromatic nitrogens is 1. The van der Waals surface area contributed by atoms with Gasteiger partial charge >= 0.3 is 12.4 Å². The van der Waals surface area contributed by atoms with Crippen molar-refractivity contribution < 1.29 is 36.0 Å². The summed E-state index contributed by atoms with van der Waals surface area (Å²) in [6, 6.07) is 5.15. The summed E-state index contributed by atoms with van der Waals surface area (Å²) < 4.78 is 80.4. The van der Waals surface area contributed by atoms with E-state index >= 15 is 0 Å². The number of hydrogen-bond acceptors (Lipinski definition) is 6. The fraction of sp³-hybridized carbons (Fsp3) is 0.519. The van der Waals surface area contributed by atoms with Crippen molar-refractivity contribution in [3.05, 3.63) is 58.8 Å². The first kappa shape index (κ1) is 29.6. The number of amides is 1. The molecule has 1 aromatic heterocycles. The number of anilines is 1. The van der Waals surface area contributed by atoms with Crippen LogP contribution in [0.25, 0.3) is 0 Å². The topological polar surface area (TPSA) is 84.0 Å². The average molecular weight is 572 g/mol. The highest BCUT2D eigenvalue weighted by molar-refractivity contribution is 6.02. The number of nitrogens with two attached hydrogens (primary N) is 1. The second kappa shape index (κ2) is 12.0. The van der Waals surface area contributed by atoms with E-state index in [0.717, 1.165) is 18.7 Å². The molecule has 2 aromatic rings.